The molecule has 3 unspecified atom stereocenters. The van der Waals surface area contributed by atoms with Crippen molar-refractivity contribution < 1.29 is 29.0 Å². The summed E-state index contributed by atoms with van der Waals surface area (Å²) in [4.78, 5) is 22.2. The van der Waals surface area contributed by atoms with Crippen molar-refractivity contribution in [2.45, 2.75) is 141 Å². The van der Waals surface area contributed by atoms with E-state index in [4.69, 9.17) is 14.5 Å². The van der Waals surface area contributed by atoms with Gasteiger partial charge in [-0.15, -0.1) is 0 Å². The van der Waals surface area contributed by atoms with Crippen LogP contribution in [-0.4, -0.2) is 40.3 Å². The zero-order valence-electron chi connectivity index (χ0n) is 21.5. The van der Waals surface area contributed by atoms with Gasteiger partial charge in [0.1, 0.15) is 6.10 Å². The van der Waals surface area contributed by atoms with E-state index in [2.05, 4.69) is 13.8 Å². The minimum Gasteiger partial charge on any atom is -0.477 e. The Morgan fingerprint density at radius 3 is 1.94 bits per heavy atom. The number of carboxylic acids is 1. The molecule has 0 aliphatic rings. The second-order valence-electron chi connectivity index (χ2n) is 8.80. The van der Waals surface area contributed by atoms with E-state index in [1.807, 2.05) is 25.6 Å². The Hall–Kier alpha value is -0.200. The topological polar surface area (TPSA) is 82.1 Å². The number of ether oxygens (including phenoxy) is 1. The van der Waals surface area contributed by atoms with Gasteiger partial charge in [-0.05, 0) is 31.9 Å². The predicted molar refractivity (Wildman–Crippen MR) is 138 cm³/mol. The van der Waals surface area contributed by atoms with E-state index >= 15 is 0 Å². The van der Waals surface area contributed by atoms with Crippen molar-refractivity contribution in [3.8, 4) is 0 Å². The van der Waals surface area contributed by atoms with Crippen molar-refractivity contribution in [2.75, 3.05) is 12.4 Å². The van der Waals surface area contributed by atoms with Crippen LogP contribution in [0.3, 0.4) is 0 Å². The van der Waals surface area contributed by atoms with E-state index in [9.17, 15) is 14.5 Å². The van der Waals surface area contributed by atoms with Gasteiger partial charge in [0.15, 0.2) is 0 Å². The molecule has 6 nitrogen and oxygen atoms in total. The Morgan fingerprint density at radius 2 is 1.42 bits per heavy atom. The maximum atomic E-state index is 11.6. The molecule has 0 fully saturated rings. The van der Waals surface area contributed by atoms with E-state index < -0.39 is 20.0 Å². The summed E-state index contributed by atoms with van der Waals surface area (Å²) in [5, 5.41) is 9.64. The number of carboxylic acid groups (broad SMARTS) is 1. The third-order valence-electron chi connectivity index (χ3n) is 5.65. The van der Waals surface area contributed by atoms with E-state index in [-0.39, 0.29) is 18.0 Å². The molecule has 0 aromatic rings. The first kappa shape index (κ1) is 32.8. The molecule has 0 aromatic heterocycles. The van der Waals surface area contributed by atoms with Crippen LogP contribution < -0.4 is 0 Å². The van der Waals surface area contributed by atoms with Crippen LogP contribution >= 0.6 is 20.2 Å². The molecule has 0 radical (unpaired) electrons. The van der Waals surface area contributed by atoms with Gasteiger partial charge in [0.2, 0.25) is 8.46 Å². The third kappa shape index (κ3) is 16.2. The minimum absolute atomic E-state index is 0.118. The van der Waals surface area contributed by atoms with Gasteiger partial charge in [0.05, 0.1) is 6.61 Å². The molecule has 0 spiro atoms. The van der Waals surface area contributed by atoms with Crippen molar-refractivity contribution in [3.63, 3.8) is 0 Å². The van der Waals surface area contributed by atoms with Gasteiger partial charge in [0, 0.05) is 5.25 Å². The first-order valence-corrected chi connectivity index (χ1v) is 15.0. The first-order chi connectivity index (χ1) is 16.0. The lowest BCUT2D eigenvalue weighted by atomic mass is 10.1. The highest BCUT2D eigenvalue weighted by Gasteiger charge is 2.45. The molecule has 0 aliphatic heterocycles. The molecule has 0 rings (SSSR count). The van der Waals surface area contributed by atoms with Crippen LogP contribution in [0.2, 0.25) is 0 Å². The summed E-state index contributed by atoms with van der Waals surface area (Å²) in [7, 11) is -0.786. The normalized spacial score (nSPS) is 15.4. The Kier molecular flexibility index (Phi) is 22.1. The fraction of sp³-hybridized carbons (Fsp3) is 0.960. The van der Waals surface area contributed by atoms with Crippen molar-refractivity contribution in [3.05, 3.63) is 0 Å². The molecule has 1 N–H and O–H groups in total. The first-order valence-electron chi connectivity index (χ1n) is 13.1. The highest BCUT2D eigenvalue weighted by Crippen LogP contribution is 2.31. The lowest BCUT2D eigenvalue weighted by molar-refractivity contribution is -0.402. The van der Waals surface area contributed by atoms with Gasteiger partial charge in [-0.1, -0.05) is 97.8 Å². The molecule has 0 amide bonds. The number of rotatable bonds is 25. The maximum absolute atomic E-state index is 11.6. The summed E-state index contributed by atoms with van der Waals surface area (Å²) in [5.74, 6) is -0.405. The van der Waals surface area contributed by atoms with Crippen molar-refractivity contribution >= 4 is 26.2 Å². The molecular weight excluding hydrogens is 459 g/mol. The van der Waals surface area contributed by atoms with Gasteiger partial charge < -0.3 is 9.84 Å². The molecule has 0 aromatic carbocycles. The van der Waals surface area contributed by atoms with Crippen molar-refractivity contribution in [1.82, 2.24) is 0 Å². The largest absolute Gasteiger partial charge is 0.477 e. The summed E-state index contributed by atoms with van der Waals surface area (Å²) >= 11 is 1.87. The second-order valence-corrected chi connectivity index (χ2v) is 10.9. The summed E-state index contributed by atoms with van der Waals surface area (Å²) < 4.78 is 16.7. The zero-order chi connectivity index (χ0) is 24.8. The van der Waals surface area contributed by atoms with E-state index in [1.54, 1.807) is 0 Å². The van der Waals surface area contributed by atoms with Crippen LogP contribution in [0.4, 0.5) is 0 Å². The predicted octanol–water partition coefficient (Wildman–Crippen LogP) is 8.38. The van der Waals surface area contributed by atoms with Gasteiger partial charge in [-0.2, -0.15) is 16.6 Å². The van der Waals surface area contributed by atoms with Crippen LogP contribution in [-0.2, 0) is 23.9 Å². The van der Waals surface area contributed by atoms with Crippen LogP contribution in [0.15, 0.2) is 0 Å². The van der Waals surface area contributed by atoms with Crippen LogP contribution in [0.25, 0.3) is 0 Å². The lowest BCUT2D eigenvalue weighted by Crippen LogP contribution is -2.41. The Balaban J connectivity index is 4.41. The smallest absolute Gasteiger partial charge is 0.380 e. The molecule has 0 aliphatic carbocycles. The molecule has 196 valence electrons. The van der Waals surface area contributed by atoms with Crippen molar-refractivity contribution in [2.24, 2.45) is 0 Å². The zero-order valence-corrected chi connectivity index (χ0v) is 23.2. The Bertz CT molecular complexity index is 482. The van der Waals surface area contributed by atoms with Crippen molar-refractivity contribution in [1.29, 1.82) is 0 Å². The number of hydrogen-bond acceptors (Lipinski definition) is 6. The van der Waals surface area contributed by atoms with Gasteiger partial charge in [0.25, 0.3) is 0 Å². The molecule has 8 heteroatoms. The summed E-state index contributed by atoms with van der Waals surface area (Å²) in [6, 6.07) is 0. The summed E-state index contributed by atoms with van der Waals surface area (Å²) in [6.07, 6.45) is 17.8. The average molecular weight is 509 g/mol. The Labute approximate surface area is 208 Å². The van der Waals surface area contributed by atoms with E-state index in [0.29, 0.717) is 6.42 Å². The molecule has 0 bridgehead atoms. The van der Waals surface area contributed by atoms with E-state index in [1.165, 1.54) is 64.2 Å². The van der Waals surface area contributed by atoms with Crippen LogP contribution in [0, 0.1) is 0 Å². The standard InChI is InChI=1S/C25H49O6PS/c1-5-8-10-11-12-13-14-15-16-18-21-33-23(19-17-9-6-2)22(4)30-31-25(32-28,24(26)27)29-20-7-3/h22-23H,5-21H2,1-4H3,(H,26,27). The van der Waals surface area contributed by atoms with Gasteiger partial charge in [-0.25, -0.2) is 9.68 Å². The quantitative estimate of drug-likeness (QED) is 0.0436. The highest BCUT2D eigenvalue weighted by atomic mass is 32.2. The van der Waals surface area contributed by atoms with Crippen LogP contribution in [0.5, 0.6) is 0 Å². The monoisotopic (exact) mass is 508 g/mol. The molecular formula is C25H49O6PS. The maximum Gasteiger partial charge on any atom is 0.380 e. The molecule has 0 heterocycles. The average Bonchev–Trinajstić information content (AvgIpc) is 2.81. The second kappa shape index (κ2) is 22.3. The molecule has 0 saturated heterocycles. The van der Waals surface area contributed by atoms with Gasteiger partial charge in [-0.3, -0.25) is 4.57 Å². The fourth-order valence-electron chi connectivity index (χ4n) is 3.52. The fourth-order valence-corrected chi connectivity index (χ4v) is 5.14. The van der Waals surface area contributed by atoms with Crippen LogP contribution in [0.1, 0.15) is 124 Å². The number of thioether (sulfide) groups is 1. The molecule has 0 saturated carbocycles. The number of aliphatic carboxylic acids is 1. The number of carbonyl (C=O) groups is 1. The highest BCUT2D eigenvalue weighted by molar-refractivity contribution is 7.99. The van der Waals surface area contributed by atoms with Gasteiger partial charge >= 0.3 is 11.5 Å². The molecule has 33 heavy (non-hydrogen) atoms. The Morgan fingerprint density at radius 1 is 0.879 bits per heavy atom. The summed E-state index contributed by atoms with van der Waals surface area (Å²) in [5.41, 5.74) is -2.31. The number of hydrogen-bond donors (Lipinski definition) is 1. The minimum atomic E-state index is -2.31. The summed E-state index contributed by atoms with van der Waals surface area (Å²) in [6.45, 7) is 8.27. The SMILES string of the molecule is CCCCCCCCCCCCSC(CCCCC)C(C)OOC(OCCC)(P=O)C(=O)O. The number of unbranched alkanes of at least 4 members (excludes halogenated alkanes) is 11. The molecule has 3 atom stereocenters. The van der Waals surface area contributed by atoms with E-state index in [0.717, 1.165) is 31.4 Å². The third-order valence-corrected chi connectivity index (χ3v) is 7.86. The lowest BCUT2D eigenvalue weighted by Gasteiger charge is -2.27.